The Labute approximate surface area is 88.7 Å². The maximum atomic E-state index is 12.6. The van der Waals surface area contributed by atoms with Crippen molar-refractivity contribution >= 4 is 6.16 Å². The van der Waals surface area contributed by atoms with Gasteiger partial charge in [0.15, 0.2) is 5.83 Å². The van der Waals surface area contributed by atoms with E-state index in [-0.39, 0.29) is 0 Å². The van der Waals surface area contributed by atoms with E-state index in [2.05, 4.69) is 4.74 Å². The number of allylic oxidation sites excluding steroid dienone is 1. The summed E-state index contributed by atoms with van der Waals surface area (Å²) >= 11 is 0. The minimum absolute atomic E-state index is 0.369. The van der Waals surface area contributed by atoms with Gasteiger partial charge >= 0.3 is 12.3 Å². The molecule has 0 aromatic rings. The summed E-state index contributed by atoms with van der Waals surface area (Å²) < 4.78 is 52.6. The van der Waals surface area contributed by atoms with Gasteiger partial charge < -0.3 is 9.84 Å². The zero-order chi connectivity index (χ0) is 12.7. The Morgan fingerprint density at radius 2 is 1.94 bits per heavy atom. The van der Waals surface area contributed by atoms with Crippen molar-refractivity contribution < 1.29 is 32.2 Å². The summed E-state index contributed by atoms with van der Waals surface area (Å²) in [5.41, 5.74) is -0.805. The van der Waals surface area contributed by atoms with Crippen molar-refractivity contribution in [2.24, 2.45) is 11.3 Å². The fourth-order valence-corrected chi connectivity index (χ4v) is 1.52. The van der Waals surface area contributed by atoms with Crippen molar-refractivity contribution in [3.8, 4) is 0 Å². The third-order valence-corrected chi connectivity index (χ3v) is 2.63. The van der Waals surface area contributed by atoms with Crippen LogP contribution in [0.2, 0.25) is 0 Å². The van der Waals surface area contributed by atoms with Gasteiger partial charge in [0.1, 0.15) is 6.10 Å². The summed E-state index contributed by atoms with van der Waals surface area (Å²) in [6.07, 6.45) is -7.18. The first kappa shape index (κ1) is 12.8. The zero-order valence-electron chi connectivity index (χ0n) is 8.51. The van der Waals surface area contributed by atoms with Crippen LogP contribution in [0.3, 0.4) is 0 Å². The lowest BCUT2D eigenvalue weighted by Gasteiger charge is -2.02. The molecule has 3 nitrogen and oxygen atoms in total. The Morgan fingerprint density at radius 3 is 2.31 bits per heavy atom. The molecule has 1 rings (SSSR count). The maximum Gasteiger partial charge on any atom is 0.506 e. The predicted molar refractivity (Wildman–Crippen MR) is 45.4 cm³/mol. The molecule has 0 aromatic heterocycles. The van der Waals surface area contributed by atoms with E-state index in [1.165, 1.54) is 13.8 Å². The highest BCUT2D eigenvalue weighted by Crippen LogP contribution is 2.56. The van der Waals surface area contributed by atoms with Crippen LogP contribution in [0, 0.1) is 11.3 Å². The molecule has 16 heavy (non-hydrogen) atoms. The van der Waals surface area contributed by atoms with Gasteiger partial charge in [0.25, 0.3) is 0 Å². The molecule has 0 saturated heterocycles. The van der Waals surface area contributed by atoms with Gasteiger partial charge in [-0.3, -0.25) is 0 Å². The minimum Gasteiger partial charge on any atom is -0.450 e. The van der Waals surface area contributed by atoms with Gasteiger partial charge in [-0.1, -0.05) is 13.8 Å². The van der Waals surface area contributed by atoms with Gasteiger partial charge in [0.2, 0.25) is 0 Å². The molecular weight excluding hydrogens is 232 g/mol. The van der Waals surface area contributed by atoms with Crippen molar-refractivity contribution in [3.63, 3.8) is 0 Å². The van der Waals surface area contributed by atoms with Gasteiger partial charge in [0.05, 0.1) is 0 Å². The number of hydrogen-bond acceptors (Lipinski definition) is 2. The number of carbonyl (C=O) groups is 1. The first-order valence-electron chi connectivity index (χ1n) is 4.41. The number of hydrogen-bond donors (Lipinski definition) is 1. The summed E-state index contributed by atoms with van der Waals surface area (Å²) in [4.78, 5) is 10.2. The van der Waals surface area contributed by atoms with Crippen molar-refractivity contribution in [1.29, 1.82) is 0 Å². The summed E-state index contributed by atoms with van der Waals surface area (Å²) in [5.74, 6) is -3.10. The molecule has 2 unspecified atom stereocenters. The monoisotopic (exact) mass is 242 g/mol. The molecule has 1 saturated carbocycles. The average molecular weight is 242 g/mol. The molecule has 2 atom stereocenters. The third kappa shape index (κ3) is 2.45. The predicted octanol–water partition coefficient (Wildman–Crippen LogP) is 3.12. The van der Waals surface area contributed by atoms with E-state index in [0.717, 1.165) is 0 Å². The lowest BCUT2D eigenvalue weighted by Crippen LogP contribution is -2.09. The van der Waals surface area contributed by atoms with Crippen LogP contribution in [0.4, 0.5) is 22.4 Å². The van der Waals surface area contributed by atoms with Gasteiger partial charge in [0, 0.05) is 11.3 Å². The summed E-state index contributed by atoms with van der Waals surface area (Å²) in [7, 11) is 0. The Bertz CT molecular complexity index is 332. The highest BCUT2D eigenvalue weighted by Gasteiger charge is 2.61. The summed E-state index contributed by atoms with van der Waals surface area (Å²) in [6.45, 7) is 3.01. The quantitative estimate of drug-likeness (QED) is 0.597. The molecule has 7 heteroatoms. The Morgan fingerprint density at radius 1 is 1.44 bits per heavy atom. The number of carboxylic acid groups (broad SMARTS) is 1. The molecule has 1 aliphatic rings. The first-order chi connectivity index (χ1) is 7.06. The smallest absolute Gasteiger partial charge is 0.450 e. The van der Waals surface area contributed by atoms with Gasteiger partial charge in [-0.2, -0.15) is 13.2 Å². The molecule has 0 amide bonds. The molecule has 92 valence electrons. The van der Waals surface area contributed by atoms with E-state index in [1.807, 2.05) is 0 Å². The Balaban J connectivity index is 2.74. The maximum absolute atomic E-state index is 12.6. The first-order valence-corrected chi connectivity index (χ1v) is 4.41. The highest BCUT2D eigenvalue weighted by molar-refractivity contribution is 5.58. The fourth-order valence-electron chi connectivity index (χ4n) is 1.52. The van der Waals surface area contributed by atoms with E-state index >= 15 is 0 Å². The van der Waals surface area contributed by atoms with Crippen molar-refractivity contribution in [1.82, 2.24) is 0 Å². The molecule has 0 spiro atoms. The van der Waals surface area contributed by atoms with Gasteiger partial charge in [-0.05, 0) is 6.08 Å². The van der Waals surface area contributed by atoms with Crippen LogP contribution < -0.4 is 0 Å². The van der Waals surface area contributed by atoms with E-state index in [4.69, 9.17) is 5.11 Å². The van der Waals surface area contributed by atoms with E-state index in [9.17, 15) is 22.4 Å². The lowest BCUT2D eigenvalue weighted by atomic mass is 10.1. The summed E-state index contributed by atoms with van der Waals surface area (Å²) in [6, 6.07) is 0. The lowest BCUT2D eigenvalue weighted by molar-refractivity contribution is -0.109. The zero-order valence-corrected chi connectivity index (χ0v) is 8.51. The molecule has 0 heterocycles. The fraction of sp³-hybridized carbons (Fsp3) is 0.667. The highest BCUT2D eigenvalue weighted by atomic mass is 19.4. The van der Waals surface area contributed by atoms with E-state index in [0.29, 0.717) is 6.08 Å². The van der Waals surface area contributed by atoms with Crippen molar-refractivity contribution in [2.45, 2.75) is 26.1 Å². The average Bonchev–Trinajstić information content (AvgIpc) is 2.53. The Kier molecular flexibility index (Phi) is 2.91. The van der Waals surface area contributed by atoms with Gasteiger partial charge in [-0.25, -0.2) is 9.18 Å². The number of halogens is 4. The van der Waals surface area contributed by atoms with Crippen LogP contribution in [-0.4, -0.2) is 23.5 Å². The number of rotatable bonds is 2. The number of ether oxygens (including phenoxy) is 1. The molecule has 1 N–H and O–H groups in total. The normalized spacial score (nSPS) is 28.8. The molecule has 0 radical (unpaired) electrons. The number of alkyl halides is 3. The van der Waals surface area contributed by atoms with Crippen LogP contribution in [-0.2, 0) is 4.74 Å². The third-order valence-electron chi connectivity index (χ3n) is 2.63. The largest absolute Gasteiger partial charge is 0.506 e. The summed E-state index contributed by atoms with van der Waals surface area (Å²) in [5, 5.41) is 8.31. The topological polar surface area (TPSA) is 46.5 Å². The van der Waals surface area contributed by atoms with Crippen LogP contribution in [0.5, 0.6) is 0 Å². The molecular formula is C9H10F4O3. The molecule has 1 fully saturated rings. The van der Waals surface area contributed by atoms with Gasteiger partial charge in [-0.15, -0.1) is 0 Å². The van der Waals surface area contributed by atoms with Crippen LogP contribution in [0.1, 0.15) is 13.8 Å². The van der Waals surface area contributed by atoms with Crippen LogP contribution in [0.25, 0.3) is 0 Å². The van der Waals surface area contributed by atoms with E-state index < -0.39 is 35.6 Å². The second-order valence-electron chi connectivity index (χ2n) is 4.16. The second-order valence-corrected chi connectivity index (χ2v) is 4.16. The molecule has 0 bridgehead atoms. The second kappa shape index (κ2) is 3.64. The Hall–Kier alpha value is -1.27. The molecule has 1 aliphatic carbocycles. The van der Waals surface area contributed by atoms with E-state index in [1.54, 1.807) is 0 Å². The standard InChI is InChI=1S/C9H10F4O3/c1-8(2)4(6(8)16-7(14)15)3-5(10)9(11,12)13/h3-4,6H,1-2H3,(H,14,15). The molecule has 0 aromatic carbocycles. The molecule has 0 aliphatic heterocycles. The minimum atomic E-state index is -5.04. The van der Waals surface area contributed by atoms with Crippen molar-refractivity contribution in [2.75, 3.05) is 0 Å². The van der Waals surface area contributed by atoms with Crippen LogP contribution >= 0.6 is 0 Å². The van der Waals surface area contributed by atoms with Crippen LogP contribution in [0.15, 0.2) is 11.9 Å². The SMILES string of the molecule is CC1(C)C(C=C(F)C(F)(F)F)C1OC(=O)O. The van der Waals surface area contributed by atoms with Crippen molar-refractivity contribution in [3.05, 3.63) is 11.9 Å².